The lowest BCUT2D eigenvalue weighted by atomic mass is 10.2. The van der Waals surface area contributed by atoms with Gasteiger partial charge in [0.1, 0.15) is 0 Å². The van der Waals surface area contributed by atoms with Crippen LogP contribution in [-0.2, 0) is 0 Å². The van der Waals surface area contributed by atoms with Crippen LogP contribution in [0.3, 0.4) is 0 Å². The fourth-order valence-corrected chi connectivity index (χ4v) is 4.54. The fraction of sp³-hybridized carbons (Fsp3) is 0.409. The highest BCUT2D eigenvalue weighted by Crippen LogP contribution is 2.29. The SMILES string of the molecule is Cc1nn(-c2ccccc2)c2cc(N3CCC(N4CCNCC4)C3)ccc12. The third-order valence-electron chi connectivity index (χ3n) is 6.05. The van der Waals surface area contributed by atoms with Gasteiger partial charge in [-0.2, -0.15) is 5.10 Å². The lowest BCUT2D eigenvalue weighted by Gasteiger charge is -2.32. The summed E-state index contributed by atoms with van der Waals surface area (Å²) in [5.74, 6) is 0. The van der Waals surface area contributed by atoms with Crippen molar-refractivity contribution >= 4 is 16.6 Å². The summed E-state index contributed by atoms with van der Waals surface area (Å²) in [6.07, 6.45) is 1.26. The maximum absolute atomic E-state index is 4.80. The Balaban J connectivity index is 1.44. The van der Waals surface area contributed by atoms with Crippen LogP contribution in [0.5, 0.6) is 0 Å². The third kappa shape index (κ3) is 3.11. The second kappa shape index (κ2) is 6.98. The molecule has 0 saturated carbocycles. The zero-order valence-corrected chi connectivity index (χ0v) is 15.9. The second-order valence-corrected chi connectivity index (χ2v) is 7.71. The van der Waals surface area contributed by atoms with Crippen LogP contribution in [0, 0.1) is 6.92 Å². The molecule has 27 heavy (non-hydrogen) atoms. The van der Waals surface area contributed by atoms with Crippen molar-refractivity contribution in [3.8, 4) is 5.69 Å². The van der Waals surface area contributed by atoms with Crippen molar-refractivity contribution in [2.75, 3.05) is 44.2 Å². The van der Waals surface area contributed by atoms with Crippen LogP contribution in [0.4, 0.5) is 5.69 Å². The molecule has 2 fully saturated rings. The van der Waals surface area contributed by atoms with Crippen molar-refractivity contribution in [3.63, 3.8) is 0 Å². The summed E-state index contributed by atoms with van der Waals surface area (Å²) in [4.78, 5) is 5.21. The van der Waals surface area contributed by atoms with Crippen molar-refractivity contribution in [2.24, 2.45) is 0 Å². The first-order valence-corrected chi connectivity index (χ1v) is 10.0. The minimum atomic E-state index is 0.684. The quantitative estimate of drug-likeness (QED) is 0.778. The van der Waals surface area contributed by atoms with E-state index in [0.717, 1.165) is 37.6 Å². The summed E-state index contributed by atoms with van der Waals surface area (Å²) in [7, 11) is 0. The van der Waals surface area contributed by atoms with Gasteiger partial charge in [0.15, 0.2) is 0 Å². The first kappa shape index (κ1) is 16.8. The molecule has 0 aliphatic carbocycles. The summed E-state index contributed by atoms with van der Waals surface area (Å²) >= 11 is 0. The number of hydrogen-bond acceptors (Lipinski definition) is 4. The molecule has 1 unspecified atom stereocenters. The highest BCUT2D eigenvalue weighted by molar-refractivity contribution is 5.86. The van der Waals surface area contributed by atoms with Gasteiger partial charge in [-0.3, -0.25) is 4.90 Å². The van der Waals surface area contributed by atoms with Crippen LogP contribution in [0.15, 0.2) is 48.5 Å². The van der Waals surface area contributed by atoms with Gasteiger partial charge in [-0.25, -0.2) is 4.68 Å². The molecule has 5 rings (SSSR count). The minimum absolute atomic E-state index is 0.684. The topological polar surface area (TPSA) is 36.3 Å². The van der Waals surface area contributed by atoms with Crippen LogP contribution >= 0.6 is 0 Å². The molecule has 2 aromatic carbocycles. The van der Waals surface area contributed by atoms with Crippen LogP contribution in [0.2, 0.25) is 0 Å². The normalized spacial score (nSPS) is 21.2. The maximum Gasteiger partial charge on any atom is 0.0764 e. The molecule has 5 heteroatoms. The number of hydrogen-bond donors (Lipinski definition) is 1. The molecule has 1 N–H and O–H groups in total. The average molecular weight is 361 g/mol. The maximum atomic E-state index is 4.80. The van der Waals surface area contributed by atoms with E-state index in [-0.39, 0.29) is 0 Å². The van der Waals surface area contributed by atoms with Crippen LogP contribution < -0.4 is 10.2 Å². The Kier molecular flexibility index (Phi) is 4.34. The van der Waals surface area contributed by atoms with Crippen LogP contribution in [0.25, 0.3) is 16.6 Å². The van der Waals surface area contributed by atoms with Crippen molar-refractivity contribution < 1.29 is 0 Å². The molecule has 5 nitrogen and oxygen atoms in total. The number of nitrogens with one attached hydrogen (secondary N) is 1. The molecule has 0 spiro atoms. The van der Waals surface area contributed by atoms with Crippen molar-refractivity contribution in [1.82, 2.24) is 20.0 Å². The molecular weight excluding hydrogens is 334 g/mol. The number of aryl methyl sites for hydroxylation is 1. The predicted molar refractivity (Wildman–Crippen MR) is 111 cm³/mol. The number of fused-ring (bicyclic) bond motifs is 1. The molecule has 1 atom stereocenters. The third-order valence-corrected chi connectivity index (χ3v) is 6.05. The van der Waals surface area contributed by atoms with Crippen LogP contribution in [0.1, 0.15) is 12.1 Å². The second-order valence-electron chi connectivity index (χ2n) is 7.71. The van der Waals surface area contributed by atoms with E-state index in [2.05, 4.69) is 69.2 Å². The van der Waals surface area contributed by atoms with Gasteiger partial charge in [0.25, 0.3) is 0 Å². The zero-order valence-electron chi connectivity index (χ0n) is 15.9. The summed E-state index contributed by atoms with van der Waals surface area (Å²) in [5, 5.41) is 9.50. The number of aromatic nitrogens is 2. The number of nitrogens with zero attached hydrogens (tertiary/aromatic N) is 4. The predicted octanol–water partition coefficient (Wildman–Crippen LogP) is 2.82. The lowest BCUT2D eigenvalue weighted by Crippen LogP contribution is -2.49. The van der Waals surface area contributed by atoms with Gasteiger partial charge in [0.2, 0.25) is 0 Å². The lowest BCUT2D eigenvalue weighted by molar-refractivity contribution is 0.185. The Morgan fingerprint density at radius 2 is 1.78 bits per heavy atom. The van der Waals surface area contributed by atoms with Gasteiger partial charge in [0.05, 0.1) is 16.9 Å². The van der Waals surface area contributed by atoms with Gasteiger partial charge in [-0.15, -0.1) is 0 Å². The molecule has 2 saturated heterocycles. The Labute approximate surface area is 160 Å². The highest BCUT2D eigenvalue weighted by atomic mass is 15.3. The Morgan fingerprint density at radius 3 is 2.59 bits per heavy atom. The first-order chi connectivity index (χ1) is 13.3. The molecule has 2 aliphatic rings. The largest absolute Gasteiger partial charge is 0.370 e. The number of para-hydroxylation sites is 1. The van der Waals surface area contributed by atoms with E-state index in [1.54, 1.807) is 0 Å². The smallest absolute Gasteiger partial charge is 0.0764 e. The monoisotopic (exact) mass is 361 g/mol. The molecule has 0 bridgehead atoms. The Bertz CT molecular complexity index is 927. The van der Waals surface area contributed by atoms with Crippen molar-refractivity contribution in [1.29, 1.82) is 0 Å². The van der Waals surface area contributed by atoms with Gasteiger partial charge in [0, 0.05) is 56.4 Å². The molecular formula is C22H27N5. The number of piperazine rings is 1. The molecule has 1 aromatic heterocycles. The van der Waals surface area contributed by atoms with E-state index in [1.807, 2.05) is 6.07 Å². The highest BCUT2D eigenvalue weighted by Gasteiger charge is 2.28. The van der Waals surface area contributed by atoms with Crippen molar-refractivity contribution in [2.45, 2.75) is 19.4 Å². The standard InChI is InChI=1S/C22H27N5/c1-17-21-8-7-19(15-22(21)27(24-17)18-5-3-2-4-6-18)26-12-9-20(16-26)25-13-10-23-11-14-25/h2-8,15,20,23H,9-14,16H2,1H3. The minimum Gasteiger partial charge on any atom is -0.370 e. The van der Waals surface area contributed by atoms with Gasteiger partial charge >= 0.3 is 0 Å². The van der Waals surface area contributed by atoms with Crippen LogP contribution in [-0.4, -0.2) is 60.0 Å². The Hall–Kier alpha value is -2.37. The van der Waals surface area contributed by atoms with E-state index in [4.69, 9.17) is 5.10 Å². The summed E-state index contributed by atoms with van der Waals surface area (Å²) in [5.41, 5.74) is 4.72. The number of benzene rings is 2. The van der Waals surface area contributed by atoms with E-state index in [1.165, 1.54) is 36.1 Å². The van der Waals surface area contributed by atoms with Crippen molar-refractivity contribution in [3.05, 3.63) is 54.2 Å². The zero-order chi connectivity index (χ0) is 18.2. The molecule has 3 aromatic rings. The van der Waals surface area contributed by atoms with Gasteiger partial charge in [-0.1, -0.05) is 18.2 Å². The number of anilines is 1. The average Bonchev–Trinajstić information content (AvgIpc) is 3.35. The Morgan fingerprint density at radius 1 is 0.963 bits per heavy atom. The number of rotatable bonds is 3. The summed E-state index contributed by atoms with van der Waals surface area (Å²) in [6.45, 7) is 8.96. The molecule has 0 amide bonds. The first-order valence-electron chi connectivity index (χ1n) is 10.0. The molecule has 2 aliphatic heterocycles. The summed E-state index contributed by atoms with van der Waals surface area (Å²) in [6, 6.07) is 17.9. The van der Waals surface area contributed by atoms with Gasteiger partial charge < -0.3 is 10.2 Å². The van der Waals surface area contributed by atoms with E-state index in [9.17, 15) is 0 Å². The van der Waals surface area contributed by atoms with Gasteiger partial charge in [-0.05, 0) is 43.7 Å². The molecule has 3 heterocycles. The molecule has 140 valence electrons. The van der Waals surface area contributed by atoms with E-state index >= 15 is 0 Å². The fourth-order valence-electron chi connectivity index (χ4n) is 4.54. The van der Waals surface area contributed by atoms with E-state index in [0.29, 0.717) is 6.04 Å². The summed E-state index contributed by atoms with van der Waals surface area (Å²) < 4.78 is 2.08. The molecule has 0 radical (unpaired) electrons. The van der Waals surface area contributed by atoms with E-state index < -0.39 is 0 Å².